The molecule has 1 aromatic heterocycles. The van der Waals surface area contributed by atoms with Crippen LogP contribution in [0.2, 0.25) is 0 Å². The molecule has 0 bridgehead atoms. The van der Waals surface area contributed by atoms with Crippen LogP contribution in [0.4, 0.5) is 4.79 Å². The van der Waals surface area contributed by atoms with Crippen molar-refractivity contribution in [3.8, 4) is 5.88 Å². The van der Waals surface area contributed by atoms with Crippen LogP contribution in [0.3, 0.4) is 0 Å². The normalized spacial score (nSPS) is 10.0. The summed E-state index contributed by atoms with van der Waals surface area (Å²) < 4.78 is 9.84. The van der Waals surface area contributed by atoms with Crippen LogP contribution < -0.4 is 10.1 Å². The van der Waals surface area contributed by atoms with Gasteiger partial charge in [-0.25, -0.2) is 9.78 Å². The van der Waals surface area contributed by atoms with Crippen molar-refractivity contribution in [2.45, 2.75) is 6.54 Å². The smallest absolute Gasteiger partial charge is 0.323 e. The highest BCUT2D eigenvalue weighted by Crippen LogP contribution is 2.08. The number of rotatable bonds is 8. The third-order valence-corrected chi connectivity index (χ3v) is 2.63. The van der Waals surface area contributed by atoms with Gasteiger partial charge >= 0.3 is 12.0 Å². The van der Waals surface area contributed by atoms with E-state index < -0.39 is 12.0 Å². The van der Waals surface area contributed by atoms with Gasteiger partial charge in [0.05, 0.1) is 13.7 Å². The van der Waals surface area contributed by atoms with Crippen LogP contribution in [0.25, 0.3) is 0 Å². The molecule has 21 heavy (non-hydrogen) atoms. The van der Waals surface area contributed by atoms with Crippen LogP contribution in [0.5, 0.6) is 5.88 Å². The van der Waals surface area contributed by atoms with Crippen LogP contribution >= 0.6 is 0 Å². The number of carbonyl (C=O) groups is 2. The summed E-state index contributed by atoms with van der Waals surface area (Å²) in [6.07, 6.45) is 1.57. The molecule has 0 aromatic carbocycles. The van der Waals surface area contributed by atoms with Crippen molar-refractivity contribution in [2.75, 3.05) is 33.9 Å². The Bertz CT molecular complexity index is 481. The average molecular weight is 297 g/mol. The zero-order chi connectivity index (χ0) is 15.7. The molecule has 0 aliphatic rings. The molecule has 1 rings (SSSR count). The van der Waals surface area contributed by atoms with Gasteiger partial charge < -0.3 is 24.8 Å². The quantitative estimate of drug-likeness (QED) is 0.717. The summed E-state index contributed by atoms with van der Waals surface area (Å²) in [5.41, 5.74) is 0.803. The topological polar surface area (TPSA) is 101 Å². The van der Waals surface area contributed by atoms with E-state index in [4.69, 9.17) is 14.6 Å². The predicted molar refractivity (Wildman–Crippen MR) is 74.1 cm³/mol. The van der Waals surface area contributed by atoms with Crippen molar-refractivity contribution >= 4 is 12.0 Å². The highest BCUT2D eigenvalue weighted by molar-refractivity contribution is 5.80. The van der Waals surface area contributed by atoms with Crippen molar-refractivity contribution in [3.05, 3.63) is 23.9 Å². The Balaban J connectivity index is 2.57. The highest BCUT2D eigenvalue weighted by Gasteiger charge is 2.16. The minimum Gasteiger partial charge on any atom is -0.481 e. The van der Waals surface area contributed by atoms with Gasteiger partial charge in [-0.15, -0.1) is 0 Å². The van der Waals surface area contributed by atoms with Gasteiger partial charge in [0.2, 0.25) is 5.88 Å². The Labute approximate surface area is 122 Å². The van der Waals surface area contributed by atoms with Gasteiger partial charge in [0.1, 0.15) is 6.54 Å². The van der Waals surface area contributed by atoms with Gasteiger partial charge in [0.15, 0.2) is 0 Å². The number of methoxy groups -OCH3 is 2. The lowest BCUT2D eigenvalue weighted by Gasteiger charge is -2.20. The van der Waals surface area contributed by atoms with Crippen LogP contribution in [-0.4, -0.2) is 60.9 Å². The van der Waals surface area contributed by atoms with Crippen LogP contribution in [0.15, 0.2) is 18.3 Å². The highest BCUT2D eigenvalue weighted by atomic mass is 16.5. The molecule has 0 saturated carbocycles. The zero-order valence-electron chi connectivity index (χ0n) is 12.0. The number of hydrogen-bond donors (Lipinski definition) is 2. The minimum absolute atomic E-state index is 0.203. The third-order valence-electron chi connectivity index (χ3n) is 2.63. The molecule has 2 amide bonds. The van der Waals surface area contributed by atoms with Gasteiger partial charge in [-0.05, 0) is 11.6 Å². The second-order valence-corrected chi connectivity index (χ2v) is 4.17. The Morgan fingerprint density at radius 3 is 2.81 bits per heavy atom. The Hall–Kier alpha value is -2.35. The number of aliphatic carboxylic acids is 1. The fourth-order valence-electron chi connectivity index (χ4n) is 1.58. The first kappa shape index (κ1) is 16.7. The van der Waals surface area contributed by atoms with Gasteiger partial charge in [-0.3, -0.25) is 4.79 Å². The Morgan fingerprint density at radius 1 is 1.43 bits per heavy atom. The molecular weight excluding hydrogens is 278 g/mol. The average Bonchev–Trinajstić information content (AvgIpc) is 2.48. The summed E-state index contributed by atoms with van der Waals surface area (Å²) in [7, 11) is 2.99. The van der Waals surface area contributed by atoms with E-state index in [9.17, 15) is 9.59 Å². The third kappa shape index (κ3) is 6.09. The largest absolute Gasteiger partial charge is 0.481 e. The number of amides is 2. The summed E-state index contributed by atoms with van der Waals surface area (Å²) in [4.78, 5) is 27.8. The van der Waals surface area contributed by atoms with Crippen molar-refractivity contribution in [1.82, 2.24) is 15.2 Å². The van der Waals surface area contributed by atoms with E-state index in [0.29, 0.717) is 5.88 Å². The van der Waals surface area contributed by atoms with Gasteiger partial charge in [0.25, 0.3) is 0 Å². The molecule has 8 heteroatoms. The molecular formula is C13H19N3O5. The molecule has 1 heterocycles. The van der Waals surface area contributed by atoms with Crippen LogP contribution in [-0.2, 0) is 16.1 Å². The van der Waals surface area contributed by atoms with Crippen molar-refractivity contribution < 1.29 is 24.2 Å². The number of nitrogens with one attached hydrogen (secondary N) is 1. The van der Waals surface area contributed by atoms with Crippen molar-refractivity contribution in [3.63, 3.8) is 0 Å². The van der Waals surface area contributed by atoms with E-state index >= 15 is 0 Å². The lowest BCUT2D eigenvalue weighted by Crippen LogP contribution is -2.44. The summed E-state index contributed by atoms with van der Waals surface area (Å²) in [5.74, 6) is -0.629. The van der Waals surface area contributed by atoms with Crippen molar-refractivity contribution in [2.24, 2.45) is 0 Å². The summed E-state index contributed by atoms with van der Waals surface area (Å²) >= 11 is 0. The van der Waals surface area contributed by atoms with Gasteiger partial charge in [-0.2, -0.15) is 0 Å². The number of carboxylic acid groups (broad SMARTS) is 1. The molecule has 0 aliphatic carbocycles. The molecule has 116 valence electrons. The number of hydrogen-bond acceptors (Lipinski definition) is 5. The maximum absolute atomic E-state index is 12.0. The fourth-order valence-corrected chi connectivity index (χ4v) is 1.58. The number of carbonyl (C=O) groups excluding carboxylic acids is 1. The molecule has 0 radical (unpaired) electrons. The van der Waals surface area contributed by atoms with E-state index in [-0.39, 0.29) is 26.2 Å². The van der Waals surface area contributed by atoms with E-state index in [1.165, 1.54) is 19.1 Å². The molecule has 2 N–H and O–H groups in total. The molecule has 0 fully saturated rings. The lowest BCUT2D eigenvalue weighted by atomic mass is 10.2. The summed E-state index contributed by atoms with van der Waals surface area (Å²) in [6.45, 7) is 0.341. The molecule has 0 unspecified atom stereocenters. The maximum Gasteiger partial charge on any atom is 0.323 e. The molecule has 8 nitrogen and oxygen atoms in total. The molecule has 0 aliphatic heterocycles. The number of nitrogens with zero attached hydrogens (tertiary/aromatic N) is 2. The minimum atomic E-state index is -1.08. The van der Waals surface area contributed by atoms with Gasteiger partial charge in [-0.1, -0.05) is 0 Å². The van der Waals surface area contributed by atoms with Crippen molar-refractivity contribution in [1.29, 1.82) is 0 Å². The lowest BCUT2D eigenvalue weighted by molar-refractivity contribution is -0.137. The van der Waals surface area contributed by atoms with E-state index in [1.807, 2.05) is 0 Å². The van der Waals surface area contributed by atoms with E-state index in [2.05, 4.69) is 10.3 Å². The molecule has 0 spiro atoms. The SMILES string of the molecule is COCCN(CC(=O)O)C(=O)NCc1ccnc(OC)c1. The number of ether oxygens (including phenoxy) is 2. The van der Waals surface area contributed by atoms with E-state index in [0.717, 1.165) is 5.56 Å². The number of pyridine rings is 1. The van der Waals surface area contributed by atoms with Crippen LogP contribution in [0, 0.1) is 0 Å². The Morgan fingerprint density at radius 2 is 2.19 bits per heavy atom. The zero-order valence-corrected chi connectivity index (χ0v) is 12.0. The van der Waals surface area contributed by atoms with Crippen LogP contribution in [0.1, 0.15) is 5.56 Å². The monoisotopic (exact) mass is 297 g/mol. The standard InChI is InChI=1S/C13H19N3O5/c1-20-6-5-16(9-12(17)18)13(19)15-8-10-3-4-14-11(7-10)21-2/h3-4,7H,5-6,8-9H2,1-2H3,(H,15,19)(H,17,18). The second-order valence-electron chi connectivity index (χ2n) is 4.17. The Kier molecular flexibility index (Phi) is 6.96. The molecule has 0 atom stereocenters. The summed E-state index contributed by atoms with van der Waals surface area (Å²) in [6, 6.07) is 2.96. The molecule has 1 aromatic rings. The number of carboxylic acids is 1. The first-order valence-corrected chi connectivity index (χ1v) is 6.29. The number of aromatic nitrogens is 1. The maximum atomic E-state index is 12.0. The fraction of sp³-hybridized carbons (Fsp3) is 0.462. The summed E-state index contributed by atoms with van der Waals surface area (Å²) in [5, 5.41) is 11.4. The predicted octanol–water partition coefficient (Wildman–Crippen LogP) is 0.333. The first-order valence-electron chi connectivity index (χ1n) is 6.29. The van der Waals surface area contributed by atoms with E-state index in [1.54, 1.807) is 18.3 Å². The number of urea groups is 1. The van der Waals surface area contributed by atoms with Gasteiger partial charge in [0, 0.05) is 32.5 Å². The molecule has 0 saturated heterocycles. The second kappa shape index (κ2) is 8.75. The first-order chi connectivity index (χ1) is 10.1.